The molecule has 0 aliphatic carbocycles. The Morgan fingerprint density at radius 3 is 2.82 bits per heavy atom. The molecular weight excluding hydrogens is 294 g/mol. The van der Waals surface area contributed by atoms with Gasteiger partial charge in [-0.25, -0.2) is 4.98 Å². The molecule has 4 heteroatoms. The fourth-order valence-corrected chi connectivity index (χ4v) is 3.54. The van der Waals surface area contributed by atoms with Gasteiger partial charge in [0, 0.05) is 43.2 Å². The molecule has 1 aliphatic rings. The lowest BCUT2D eigenvalue weighted by Crippen LogP contribution is -2.45. The number of unbranched alkanes of at least 4 members (excludes halogenated alkanes) is 1. The molecule has 0 spiro atoms. The number of piperazine rings is 1. The average molecular weight is 318 g/mol. The fourth-order valence-electron chi connectivity index (χ4n) is 3.27. The number of pyridine rings is 1. The second-order valence-electron chi connectivity index (χ2n) is 6.01. The average Bonchev–Trinajstić information content (AvgIpc) is 2.56. The van der Waals surface area contributed by atoms with Crippen molar-refractivity contribution in [1.82, 2.24) is 15.2 Å². The molecule has 0 radical (unpaired) electrons. The first-order valence-corrected chi connectivity index (χ1v) is 8.67. The van der Waals surface area contributed by atoms with Crippen LogP contribution in [0.5, 0.6) is 0 Å². The van der Waals surface area contributed by atoms with Gasteiger partial charge < -0.3 is 5.32 Å². The Morgan fingerprint density at radius 1 is 1.27 bits per heavy atom. The quantitative estimate of drug-likeness (QED) is 0.844. The van der Waals surface area contributed by atoms with Crippen molar-refractivity contribution in [3.8, 4) is 0 Å². The van der Waals surface area contributed by atoms with Crippen LogP contribution in [0.15, 0.2) is 30.3 Å². The second kappa shape index (κ2) is 7.40. The summed E-state index contributed by atoms with van der Waals surface area (Å²) in [5, 5.41) is 5.28. The van der Waals surface area contributed by atoms with Crippen molar-refractivity contribution in [2.24, 2.45) is 0 Å². The number of aromatic nitrogens is 1. The fraction of sp³-hybridized carbons (Fsp3) is 0.500. The Kier molecular flexibility index (Phi) is 5.29. The molecule has 0 unspecified atom stereocenters. The van der Waals surface area contributed by atoms with E-state index >= 15 is 0 Å². The van der Waals surface area contributed by atoms with E-state index in [4.69, 9.17) is 11.6 Å². The monoisotopic (exact) mass is 317 g/mol. The number of halogens is 1. The maximum Gasteiger partial charge on any atom is 0.134 e. The minimum Gasteiger partial charge on any atom is -0.314 e. The number of nitrogens with zero attached hydrogens (tertiary/aromatic N) is 2. The van der Waals surface area contributed by atoms with E-state index in [-0.39, 0.29) is 0 Å². The Bertz CT molecular complexity index is 623. The Labute approximate surface area is 137 Å². The van der Waals surface area contributed by atoms with Crippen LogP contribution in [0.4, 0.5) is 0 Å². The number of hydrogen-bond donors (Lipinski definition) is 1. The van der Waals surface area contributed by atoms with E-state index in [9.17, 15) is 0 Å². The zero-order chi connectivity index (χ0) is 15.4. The van der Waals surface area contributed by atoms with Crippen LogP contribution in [0.25, 0.3) is 10.9 Å². The minimum absolute atomic E-state index is 0.381. The van der Waals surface area contributed by atoms with Crippen LogP contribution in [0.2, 0.25) is 5.15 Å². The number of para-hydroxylation sites is 1. The van der Waals surface area contributed by atoms with E-state index < -0.39 is 0 Å². The Balaban J connectivity index is 1.96. The number of fused-ring (bicyclic) bond motifs is 1. The van der Waals surface area contributed by atoms with Crippen LogP contribution in [-0.2, 0) is 0 Å². The van der Waals surface area contributed by atoms with Crippen molar-refractivity contribution in [2.75, 3.05) is 26.2 Å². The lowest BCUT2D eigenvalue weighted by Gasteiger charge is -2.35. The lowest BCUT2D eigenvalue weighted by atomic mass is 9.98. The minimum atomic E-state index is 0.381. The van der Waals surface area contributed by atoms with Gasteiger partial charge in [-0.15, -0.1) is 0 Å². The maximum absolute atomic E-state index is 6.54. The summed E-state index contributed by atoms with van der Waals surface area (Å²) in [7, 11) is 0. The standard InChI is InChI=1S/C18H24ClN3/c1-2-3-8-17(22-11-9-20-10-12-22)15-13-14-6-4-5-7-16(14)21-18(15)19/h4-7,13,17,20H,2-3,8-12H2,1H3/t17-/m0/s1. The van der Waals surface area contributed by atoms with Gasteiger partial charge in [0.1, 0.15) is 5.15 Å². The van der Waals surface area contributed by atoms with Gasteiger partial charge in [-0.05, 0) is 18.6 Å². The van der Waals surface area contributed by atoms with E-state index in [2.05, 4.69) is 40.3 Å². The highest BCUT2D eigenvalue weighted by atomic mass is 35.5. The van der Waals surface area contributed by atoms with Gasteiger partial charge in [0.25, 0.3) is 0 Å². The third-order valence-corrected chi connectivity index (χ3v) is 4.79. The molecule has 2 aromatic rings. The van der Waals surface area contributed by atoms with Crippen molar-refractivity contribution in [2.45, 2.75) is 32.2 Å². The molecule has 1 aromatic carbocycles. The van der Waals surface area contributed by atoms with Crippen molar-refractivity contribution >= 4 is 22.5 Å². The molecule has 118 valence electrons. The molecule has 1 aromatic heterocycles. The highest BCUT2D eigenvalue weighted by Gasteiger charge is 2.24. The van der Waals surface area contributed by atoms with E-state index in [1.165, 1.54) is 23.8 Å². The molecule has 1 aliphatic heterocycles. The highest BCUT2D eigenvalue weighted by Crippen LogP contribution is 2.33. The summed E-state index contributed by atoms with van der Waals surface area (Å²) in [6, 6.07) is 10.8. The molecule has 1 fully saturated rings. The van der Waals surface area contributed by atoms with Gasteiger partial charge in [-0.1, -0.05) is 49.6 Å². The molecule has 22 heavy (non-hydrogen) atoms. The first-order valence-electron chi connectivity index (χ1n) is 8.29. The summed E-state index contributed by atoms with van der Waals surface area (Å²) in [4.78, 5) is 7.18. The van der Waals surface area contributed by atoms with Crippen LogP contribution in [0.3, 0.4) is 0 Å². The maximum atomic E-state index is 6.54. The van der Waals surface area contributed by atoms with E-state index in [1.54, 1.807) is 0 Å². The van der Waals surface area contributed by atoms with E-state index in [0.717, 1.165) is 38.1 Å². The molecule has 1 N–H and O–H groups in total. The van der Waals surface area contributed by atoms with Crippen molar-refractivity contribution in [3.63, 3.8) is 0 Å². The summed E-state index contributed by atoms with van der Waals surface area (Å²) in [5.41, 5.74) is 2.17. The Morgan fingerprint density at radius 2 is 2.05 bits per heavy atom. The van der Waals surface area contributed by atoms with Gasteiger partial charge in [-0.3, -0.25) is 4.90 Å². The first kappa shape index (κ1) is 15.7. The predicted octanol–water partition coefficient (Wildman–Crippen LogP) is 4.02. The summed E-state index contributed by atoms with van der Waals surface area (Å²) in [5.74, 6) is 0. The summed E-state index contributed by atoms with van der Waals surface area (Å²) in [6.07, 6.45) is 3.58. The van der Waals surface area contributed by atoms with Crippen LogP contribution >= 0.6 is 11.6 Å². The molecule has 2 heterocycles. The summed E-state index contributed by atoms with van der Waals surface area (Å²) >= 11 is 6.54. The number of hydrogen-bond acceptors (Lipinski definition) is 3. The van der Waals surface area contributed by atoms with Gasteiger partial charge in [0.2, 0.25) is 0 Å². The number of rotatable bonds is 5. The second-order valence-corrected chi connectivity index (χ2v) is 6.36. The van der Waals surface area contributed by atoms with Crippen LogP contribution in [-0.4, -0.2) is 36.1 Å². The highest BCUT2D eigenvalue weighted by molar-refractivity contribution is 6.30. The normalized spacial score (nSPS) is 17.7. The van der Waals surface area contributed by atoms with E-state index in [1.807, 2.05) is 12.1 Å². The molecule has 3 nitrogen and oxygen atoms in total. The third kappa shape index (κ3) is 3.43. The SMILES string of the molecule is CCCC[C@@H](c1cc2ccccc2nc1Cl)N1CCNCC1. The van der Waals surface area contributed by atoms with Crippen LogP contribution in [0.1, 0.15) is 37.8 Å². The molecule has 0 saturated carbocycles. The summed E-state index contributed by atoms with van der Waals surface area (Å²) < 4.78 is 0. The van der Waals surface area contributed by atoms with Crippen molar-refractivity contribution in [3.05, 3.63) is 41.0 Å². The smallest absolute Gasteiger partial charge is 0.134 e. The zero-order valence-electron chi connectivity index (χ0n) is 13.2. The zero-order valence-corrected chi connectivity index (χ0v) is 13.9. The first-order chi connectivity index (χ1) is 10.8. The molecule has 1 atom stereocenters. The number of nitrogens with one attached hydrogen (secondary N) is 1. The molecular formula is C18H24ClN3. The number of benzene rings is 1. The molecule has 0 bridgehead atoms. The van der Waals surface area contributed by atoms with Gasteiger partial charge in [0.05, 0.1) is 5.52 Å². The van der Waals surface area contributed by atoms with Gasteiger partial charge >= 0.3 is 0 Å². The Hall–Kier alpha value is -1.16. The molecule has 0 amide bonds. The largest absolute Gasteiger partial charge is 0.314 e. The van der Waals surface area contributed by atoms with Crippen LogP contribution in [0, 0.1) is 0 Å². The molecule has 1 saturated heterocycles. The van der Waals surface area contributed by atoms with Crippen molar-refractivity contribution < 1.29 is 0 Å². The lowest BCUT2D eigenvalue weighted by molar-refractivity contribution is 0.163. The molecule has 3 rings (SSSR count). The van der Waals surface area contributed by atoms with E-state index in [0.29, 0.717) is 11.2 Å². The third-order valence-electron chi connectivity index (χ3n) is 4.49. The predicted molar refractivity (Wildman–Crippen MR) is 93.5 cm³/mol. The van der Waals surface area contributed by atoms with Gasteiger partial charge in [0.15, 0.2) is 0 Å². The van der Waals surface area contributed by atoms with Crippen molar-refractivity contribution in [1.29, 1.82) is 0 Å². The topological polar surface area (TPSA) is 28.2 Å². The van der Waals surface area contributed by atoms with Crippen LogP contribution < -0.4 is 5.32 Å². The van der Waals surface area contributed by atoms with Gasteiger partial charge in [-0.2, -0.15) is 0 Å². The summed E-state index contributed by atoms with van der Waals surface area (Å²) in [6.45, 7) is 6.52.